The number of hydrogen-bond acceptors (Lipinski definition) is 5. The summed E-state index contributed by atoms with van der Waals surface area (Å²) in [6.07, 6.45) is 6.21. The Morgan fingerprint density at radius 1 is 1.24 bits per heavy atom. The average molecular weight is 356 g/mol. The molecule has 6 nitrogen and oxygen atoms in total. The van der Waals surface area contributed by atoms with E-state index >= 15 is 0 Å². The zero-order valence-electron chi connectivity index (χ0n) is 13.8. The van der Waals surface area contributed by atoms with E-state index in [0.717, 1.165) is 37.1 Å². The highest BCUT2D eigenvalue weighted by Gasteiger charge is 2.41. The lowest BCUT2D eigenvalue weighted by atomic mass is 9.72. The van der Waals surface area contributed by atoms with E-state index < -0.39 is 0 Å². The number of amides is 2. The number of anilines is 1. The van der Waals surface area contributed by atoms with E-state index in [1.165, 1.54) is 11.3 Å². The normalized spacial score (nSPS) is 25.8. The van der Waals surface area contributed by atoms with Crippen molar-refractivity contribution in [1.82, 2.24) is 15.3 Å². The molecule has 4 rings (SSSR count). The van der Waals surface area contributed by atoms with E-state index in [4.69, 9.17) is 0 Å². The molecule has 0 bridgehead atoms. The van der Waals surface area contributed by atoms with Gasteiger partial charge < -0.3 is 10.6 Å². The van der Waals surface area contributed by atoms with Crippen LogP contribution in [0, 0.1) is 11.8 Å². The summed E-state index contributed by atoms with van der Waals surface area (Å²) >= 11 is 1.38. The number of thiazole rings is 1. The van der Waals surface area contributed by atoms with Crippen molar-refractivity contribution >= 4 is 28.3 Å². The number of nitrogens with one attached hydrogen (secondary N) is 2. The third-order valence-electron chi connectivity index (χ3n) is 5.09. The summed E-state index contributed by atoms with van der Waals surface area (Å²) in [5, 5.41) is 8.41. The Labute approximate surface area is 150 Å². The minimum Gasteiger partial charge on any atom is -0.353 e. The lowest BCUT2D eigenvalue weighted by molar-refractivity contribution is -0.134. The van der Waals surface area contributed by atoms with Crippen molar-refractivity contribution in [2.75, 3.05) is 5.32 Å². The van der Waals surface area contributed by atoms with Gasteiger partial charge in [0.05, 0.1) is 11.6 Å². The van der Waals surface area contributed by atoms with Gasteiger partial charge in [0.15, 0.2) is 5.13 Å². The van der Waals surface area contributed by atoms with Crippen LogP contribution in [0.3, 0.4) is 0 Å². The first-order valence-corrected chi connectivity index (χ1v) is 9.56. The molecule has 1 aliphatic carbocycles. The molecule has 1 saturated heterocycles. The Hall–Kier alpha value is -2.28. The van der Waals surface area contributed by atoms with Crippen molar-refractivity contribution < 1.29 is 9.59 Å². The number of hydrogen-bond donors (Lipinski definition) is 2. The quantitative estimate of drug-likeness (QED) is 0.886. The molecule has 2 N–H and O–H groups in total. The molecule has 0 spiro atoms. The van der Waals surface area contributed by atoms with Crippen molar-refractivity contribution in [2.45, 2.75) is 38.1 Å². The maximum Gasteiger partial charge on any atom is 0.230 e. The lowest BCUT2D eigenvalue weighted by Gasteiger charge is -2.40. The second kappa shape index (κ2) is 6.92. The second-order valence-electron chi connectivity index (χ2n) is 6.68. The van der Waals surface area contributed by atoms with Gasteiger partial charge in [0, 0.05) is 24.0 Å². The highest BCUT2D eigenvalue weighted by atomic mass is 32.1. The standard InChI is InChI=1S/C18H20N4O2S/c23-16-9-12(11-5-1-2-6-13(11)20-16)17(24)22-18-21-15(10-25-18)14-7-3-4-8-19-14/h3-4,7-8,10-13H,1-2,5-6,9H2,(H,20,23)(H,21,22,24). The van der Waals surface area contributed by atoms with E-state index in [1.54, 1.807) is 6.20 Å². The molecule has 1 aliphatic heterocycles. The summed E-state index contributed by atoms with van der Waals surface area (Å²) < 4.78 is 0. The molecule has 130 valence electrons. The summed E-state index contributed by atoms with van der Waals surface area (Å²) in [6.45, 7) is 0. The van der Waals surface area contributed by atoms with Crippen molar-refractivity contribution in [3.8, 4) is 11.4 Å². The fourth-order valence-corrected chi connectivity index (χ4v) is 4.59. The van der Waals surface area contributed by atoms with Crippen molar-refractivity contribution in [3.05, 3.63) is 29.8 Å². The van der Waals surface area contributed by atoms with Gasteiger partial charge in [0.25, 0.3) is 0 Å². The van der Waals surface area contributed by atoms with Crippen molar-refractivity contribution in [1.29, 1.82) is 0 Å². The summed E-state index contributed by atoms with van der Waals surface area (Å²) in [7, 11) is 0. The van der Waals surface area contributed by atoms with E-state index in [9.17, 15) is 9.59 Å². The zero-order valence-corrected chi connectivity index (χ0v) is 14.6. The maximum absolute atomic E-state index is 12.8. The number of nitrogens with zero attached hydrogens (tertiary/aromatic N) is 2. The number of rotatable bonds is 3. The molecule has 3 heterocycles. The topological polar surface area (TPSA) is 84.0 Å². The van der Waals surface area contributed by atoms with Gasteiger partial charge in [-0.1, -0.05) is 18.9 Å². The van der Waals surface area contributed by atoms with Crippen molar-refractivity contribution in [2.24, 2.45) is 11.8 Å². The summed E-state index contributed by atoms with van der Waals surface area (Å²) in [6, 6.07) is 5.79. The Bertz CT molecular complexity index is 776. The molecule has 2 aromatic heterocycles. The molecule has 2 amide bonds. The number of fused-ring (bicyclic) bond motifs is 1. The molecule has 3 atom stereocenters. The zero-order chi connectivity index (χ0) is 17.2. The highest BCUT2D eigenvalue weighted by molar-refractivity contribution is 7.14. The van der Waals surface area contributed by atoms with Crippen LogP contribution in [0.15, 0.2) is 29.8 Å². The molecular weight excluding hydrogens is 336 g/mol. The van der Waals surface area contributed by atoms with Gasteiger partial charge >= 0.3 is 0 Å². The summed E-state index contributed by atoms with van der Waals surface area (Å²) in [5.74, 6) is -0.131. The summed E-state index contributed by atoms with van der Waals surface area (Å²) in [4.78, 5) is 33.5. The Morgan fingerprint density at radius 3 is 2.96 bits per heavy atom. The maximum atomic E-state index is 12.8. The van der Waals surface area contributed by atoms with Crippen LogP contribution in [0.1, 0.15) is 32.1 Å². The smallest absolute Gasteiger partial charge is 0.230 e. The van der Waals surface area contributed by atoms with Crippen LogP contribution in [0.5, 0.6) is 0 Å². The van der Waals surface area contributed by atoms with Crippen LogP contribution in [-0.4, -0.2) is 27.8 Å². The monoisotopic (exact) mass is 356 g/mol. The molecule has 25 heavy (non-hydrogen) atoms. The van der Waals surface area contributed by atoms with Crippen LogP contribution < -0.4 is 10.6 Å². The largest absolute Gasteiger partial charge is 0.353 e. The molecule has 2 aliphatic rings. The van der Waals surface area contributed by atoms with Gasteiger partial charge in [-0.2, -0.15) is 0 Å². The third kappa shape index (κ3) is 3.42. The Morgan fingerprint density at radius 2 is 2.12 bits per heavy atom. The number of aromatic nitrogens is 2. The average Bonchev–Trinajstić information content (AvgIpc) is 3.10. The SMILES string of the molecule is O=C1CC(C(=O)Nc2nc(-c3ccccn3)cs2)C2CCCCC2N1. The van der Waals surface area contributed by atoms with Gasteiger partial charge in [-0.3, -0.25) is 14.6 Å². The third-order valence-corrected chi connectivity index (χ3v) is 5.84. The van der Waals surface area contributed by atoms with E-state index in [-0.39, 0.29) is 36.1 Å². The number of pyridine rings is 1. The molecule has 0 aromatic carbocycles. The fraction of sp³-hybridized carbons (Fsp3) is 0.444. The minimum atomic E-state index is -0.263. The molecular formula is C18H20N4O2S. The van der Waals surface area contributed by atoms with Crippen LogP contribution in [-0.2, 0) is 9.59 Å². The Balaban J connectivity index is 1.48. The molecule has 3 unspecified atom stereocenters. The Kier molecular flexibility index (Phi) is 4.48. The minimum absolute atomic E-state index is 0.0170. The molecule has 2 aromatic rings. The van der Waals surface area contributed by atoms with Crippen LogP contribution in [0.2, 0.25) is 0 Å². The van der Waals surface area contributed by atoms with Crippen molar-refractivity contribution in [3.63, 3.8) is 0 Å². The number of carbonyl (C=O) groups is 2. The molecule has 0 radical (unpaired) electrons. The van der Waals surface area contributed by atoms with Crippen LogP contribution >= 0.6 is 11.3 Å². The fourth-order valence-electron chi connectivity index (χ4n) is 3.89. The predicted octanol–water partition coefficient (Wildman–Crippen LogP) is 2.84. The van der Waals surface area contributed by atoms with E-state index in [1.807, 2.05) is 23.6 Å². The summed E-state index contributed by atoms with van der Waals surface area (Å²) in [5.41, 5.74) is 1.53. The molecule has 7 heteroatoms. The van der Waals surface area contributed by atoms with Gasteiger partial charge in [-0.15, -0.1) is 11.3 Å². The van der Waals surface area contributed by atoms with Gasteiger partial charge in [0.2, 0.25) is 11.8 Å². The first-order valence-electron chi connectivity index (χ1n) is 8.68. The van der Waals surface area contributed by atoms with Crippen LogP contribution in [0.4, 0.5) is 5.13 Å². The lowest BCUT2D eigenvalue weighted by Crippen LogP contribution is -2.53. The van der Waals surface area contributed by atoms with Gasteiger partial charge in [-0.05, 0) is 30.9 Å². The molecule has 2 fully saturated rings. The second-order valence-corrected chi connectivity index (χ2v) is 7.53. The molecule has 1 saturated carbocycles. The highest BCUT2D eigenvalue weighted by Crippen LogP contribution is 2.36. The van der Waals surface area contributed by atoms with E-state index in [2.05, 4.69) is 20.6 Å². The van der Waals surface area contributed by atoms with Gasteiger partial charge in [0.1, 0.15) is 5.69 Å². The first-order chi connectivity index (χ1) is 12.2. The first kappa shape index (κ1) is 16.2. The number of piperidine rings is 1. The number of carbonyl (C=O) groups excluding carboxylic acids is 2. The predicted molar refractivity (Wildman–Crippen MR) is 96.0 cm³/mol. The van der Waals surface area contributed by atoms with E-state index in [0.29, 0.717) is 5.13 Å². The van der Waals surface area contributed by atoms with Gasteiger partial charge in [-0.25, -0.2) is 4.98 Å². The van der Waals surface area contributed by atoms with Crippen LogP contribution in [0.25, 0.3) is 11.4 Å².